The molecule has 0 aliphatic rings. The van der Waals surface area contributed by atoms with Gasteiger partial charge in [-0.1, -0.05) is 203 Å². The molecule has 1 nitrogen and oxygen atoms in total. The molecule has 0 radical (unpaired) electrons. The lowest BCUT2D eigenvalue weighted by molar-refractivity contribution is 0.229. The van der Waals surface area contributed by atoms with Crippen molar-refractivity contribution in [3.05, 3.63) is 23.7 Å². The zero-order valence-corrected chi connectivity index (χ0v) is 34.3. The minimum Gasteiger partial charge on any atom is -0.467 e. The van der Waals surface area contributed by atoms with Crippen molar-refractivity contribution in [3.63, 3.8) is 0 Å². The second-order valence-electron chi connectivity index (χ2n) is 17.3. The normalized spacial score (nSPS) is 12.0. The first-order valence-electron chi connectivity index (χ1n) is 21.6. The lowest BCUT2D eigenvalue weighted by Crippen LogP contribution is -2.12. The van der Waals surface area contributed by atoms with E-state index in [1.165, 1.54) is 186 Å². The number of rotatable bonds is 35. The van der Waals surface area contributed by atoms with Crippen LogP contribution >= 0.6 is 0 Å². The van der Waals surface area contributed by atoms with Crippen molar-refractivity contribution < 1.29 is 4.74 Å². The van der Waals surface area contributed by atoms with Gasteiger partial charge in [0, 0.05) is 5.92 Å². The topological polar surface area (TPSA) is 9.23 Å². The summed E-state index contributed by atoms with van der Waals surface area (Å²) in [4.78, 5) is 0. The summed E-state index contributed by atoms with van der Waals surface area (Å²) in [6.07, 6.45) is 38.3. The Labute approximate surface area is 299 Å². The second kappa shape index (κ2) is 32.5. The number of allylic oxidation sites excluding steroid dienone is 3. The van der Waals surface area contributed by atoms with Gasteiger partial charge in [0.1, 0.15) is 5.76 Å². The highest BCUT2D eigenvalue weighted by Crippen LogP contribution is 2.34. The molecule has 0 saturated carbocycles. The highest BCUT2D eigenvalue weighted by atomic mass is 16.5. The lowest BCUT2D eigenvalue weighted by Gasteiger charge is -2.25. The van der Waals surface area contributed by atoms with Crippen LogP contribution in [0.25, 0.3) is 0 Å². The Morgan fingerprint density at radius 3 is 0.915 bits per heavy atom. The zero-order valence-electron chi connectivity index (χ0n) is 34.3. The summed E-state index contributed by atoms with van der Waals surface area (Å²) in [6, 6.07) is 0. The van der Waals surface area contributed by atoms with Gasteiger partial charge in [0.2, 0.25) is 0 Å². The van der Waals surface area contributed by atoms with Crippen LogP contribution in [0.2, 0.25) is 0 Å². The van der Waals surface area contributed by atoms with Crippen molar-refractivity contribution in [2.75, 3.05) is 0 Å². The molecule has 0 aliphatic carbocycles. The largest absolute Gasteiger partial charge is 0.467 e. The van der Waals surface area contributed by atoms with Crippen LogP contribution in [0, 0.1) is 29.6 Å². The maximum atomic E-state index is 6.75. The molecule has 0 spiro atoms. The Hall–Kier alpha value is -0.720. The van der Waals surface area contributed by atoms with Crippen LogP contribution in [-0.2, 0) is 4.74 Å². The van der Waals surface area contributed by atoms with Crippen LogP contribution in [0.15, 0.2) is 23.7 Å². The Kier molecular flexibility index (Phi) is 32.0. The third kappa shape index (κ3) is 32.3. The van der Waals surface area contributed by atoms with Gasteiger partial charge in [-0.3, -0.25) is 0 Å². The van der Waals surface area contributed by atoms with E-state index < -0.39 is 0 Å². The van der Waals surface area contributed by atoms with Crippen LogP contribution in [-0.4, -0.2) is 0 Å². The summed E-state index contributed by atoms with van der Waals surface area (Å²) >= 11 is 0. The third-order valence-corrected chi connectivity index (χ3v) is 10.2. The van der Waals surface area contributed by atoms with Crippen LogP contribution in [0.1, 0.15) is 242 Å². The first-order chi connectivity index (χ1) is 22.5. The minimum atomic E-state index is 0.574. The van der Waals surface area contributed by atoms with Crippen molar-refractivity contribution in [1.29, 1.82) is 0 Å². The van der Waals surface area contributed by atoms with Gasteiger partial charge in [0.25, 0.3) is 0 Å². The van der Waals surface area contributed by atoms with Crippen molar-refractivity contribution in [3.8, 4) is 0 Å². The smallest absolute Gasteiger partial charge is 0.106 e. The Balaban J connectivity index is 5.58. The van der Waals surface area contributed by atoms with E-state index in [1.807, 2.05) is 0 Å². The zero-order chi connectivity index (χ0) is 35.1. The molecule has 0 atom stereocenters. The number of hydrogen-bond donors (Lipinski definition) is 0. The van der Waals surface area contributed by atoms with E-state index in [1.54, 1.807) is 5.57 Å². The highest BCUT2D eigenvalue weighted by Gasteiger charge is 2.21. The molecule has 0 rings (SSSR count). The van der Waals surface area contributed by atoms with Gasteiger partial charge in [0.15, 0.2) is 0 Å². The van der Waals surface area contributed by atoms with E-state index in [4.69, 9.17) is 4.74 Å². The van der Waals surface area contributed by atoms with Gasteiger partial charge >= 0.3 is 0 Å². The maximum Gasteiger partial charge on any atom is 0.106 e. The summed E-state index contributed by atoms with van der Waals surface area (Å²) in [6.45, 7) is 25.3. The second-order valence-corrected chi connectivity index (χ2v) is 17.3. The SMILES string of the molecule is C=C(C)OC(=C(CCCCCCCC(C)C)CCCCCCCC(C)C)C(CCCCCCCC(C)C)CCCCCCCC(C)C. The first kappa shape index (κ1) is 46.3. The van der Waals surface area contributed by atoms with Crippen LogP contribution in [0.5, 0.6) is 0 Å². The Bertz CT molecular complexity index is 665. The molecule has 47 heavy (non-hydrogen) atoms. The predicted molar refractivity (Wildman–Crippen MR) is 215 cm³/mol. The quantitative estimate of drug-likeness (QED) is 0.0486. The van der Waals surface area contributed by atoms with Gasteiger partial charge in [-0.2, -0.15) is 0 Å². The fraction of sp³-hybridized carbons (Fsp3) is 0.913. The molecular formula is C46H90O. The molecule has 0 fully saturated rings. The van der Waals surface area contributed by atoms with Gasteiger partial charge < -0.3 is 4.74 Å². The van der Waals surface area contributed by atoms with Crippen molar-refractivity contribution in [2.45, 2.75) is 242 Å². The van der Waals surface area contributed by atoms with E-state index in [-0.39, 0.29) is 0 Å². The number of unbranched alkanes of at least 4 members (excludes halogenated alkanes) is 16. The summed E-state index contributed by atoms with van der Waals surface area (Å²) in [7, 11) is 0. The summed E-state index contributed by atoms with van der Waals surface area (Å²) in [5, 5.41) is 0. The van der Waals surface area contributed by atoms with E-state index in [0.717, 1.165) is 29.4 Å². The molecule has 0 aromatic heterocycles. The van der Waals surface area contributed by atoms with Gasteiger partial charge in [0.05, 0.1) is 5.76 Å². The molecule has 280 valence electrons. The van der Waals surface area contributed by atoms with E-state index in [0.29, 0.717) is 5.92 Å². The van der Waals surface area contributed by atoms with Crippen molar-refractivity contribution >= 4 is 0 Å². The highest BCUT2D eigenvalue weighted by molar-refractivity contribution is 5.14. The summed E-state index contributed by atoms with van der Waals surface area (Å²) in [5.41, 5.74) is 1.66. The van der Waals surface area contributed by atoms with Crippen molar-refractivity contribution in [1.82, 2.24) is 0 Å². The third-order valence-electron chi connectivity index (χ3n) is 10.2. The molecule has 0 aromatic carbocycles. The average molecular weight is 659 g/mol. The van der Waals surface area contributed by atoms with Gasteiger partial charge in [-0.25, -0.2) is 0 Å². The standard InChI is InChI=1S/C46H90O/c1-39(2)31-23-15-11-19-27-35-44(36-28-20-12-16-24-32-40(3)4)46(47-43(9)10)45(37-29-21-13-17-25-33-41(5)6)38-30-22-14-18-26-34-42(7)8/h39-42,44H,9,11-38H2,1-8,10H3. The fourth-order valence-corrected chi connectivity index (χ4v) is 7.20. The van der Waals surface area contributed by atoms with Crippen LogP contribution < -0.4 is 0 Å². The van der Waals surface area contributed by atoms with Crippen molar-refractivity contribution in [2.24, 2.45) is 29.6 Å². The Morgan fingerprint density at radius 1 is 0.383 bits per heavy atom. The number of hydrogen-bond acceptors (Lipinski definition) is 1. The van der Waals surface area contributed by atoms with Gasteiger partial charge in [-0.05, 0) is 74.7 Å². The molecule has 0 amide bonds. The monoisotopic (exact) mass is 659 g/mol. The average Bonchev–Trinajstić information content (AvgIpc) is 2.99. The maximum absolute atomic E-state index is 6.75. The molecule has 0 bridgehead atoms. The molecule has 0 unspecified atom stereocenters. The Morgan fingerprint density at radius 2 is 0.638 bits per heavy atom. The molecule has 1 heteroatoms. The summed E-state index contributed by atoms with van der Waals surface area (Å²) in [5.74, 6) is 6.21. The fourth-order valence-electron chi connectivity index (χ4n) is 7.20. The molecular weight excluding hydrogens is 569 g/mol. The molecule has 0 heterocycles. The molecule has 0 saturated heterocycles. The lowest BCUT2D eigenvalue weighted by atomic mass is 9.87. The van der Waals surface area contributed by atoms with E-state index >= 15 is 0 Å². The van der Waals surface area contributed by atoms with Crippen LogP contribution in [0.3, 0.4) is 0 Å². The summed E-state index contributed by atoms with van der Waals surface area (Å²) < 4.78 is 6.75. The molecule has 0 N–H and O–H groups in total. The number of ether oxygens (including phenoxy) is 1. The first-order valence-corrected chi connectivity index (χ1v) is 21.6. The van der Waals surface area contributed by atoms with E-state index in [2.05, 4.69) is 68.9 Å². The van der Waals surface area contributed by atoms with Crippen LogP contribution in [0.4, 0.5) is 0 Å². The minimum absolute atomic E-state index is 0.574. The van der Waals surface area contributed by atoms with Gasteiger partial charge in [-0.15, -0.1) is 0 Å². The molecule has 0 aromatic rings. The predicted octanol–water partition coefficient (Wildman–Crippen LogP) is 17.0. The van der Waals surface area contributed by atoms with E-state index in [9.17, 15) is 0 Å². The molecule has 0 aliphatic heterocycles.